The molecule has 0 fully saturated rings. The standard InChI is InChI=1S/C69H131NO5/c1-3-5-7-9-11-13-15-17-19-21-22-23-24-26-30-33-37-41-45-49-53-57-61-67(72)66(65-71)70-68(73)62-58-54-50-46-42-38-34-31-27-25-28-32-36-40-44-48-52-56-60-64-75-69(74)63-59-55-51-47-43-39-35-29-20-18-16-14-12-10-8-6-4-2/h12,14,18,20,57,61,66-67,71-72H,3-11,13,15-17,19,21-56,58-60,62-65H2,1-2H3,(H,70,73)/b14-12-,20-18-,61-57+. The van der Waals surface area contributed by atoms with Crippen molar-refractivity contribution in [1.29, 1.82) is 0 Å². The fraction of sp³-hybridized carbons (Fsp3) is 0.884. The molecule has 0 rings (SSSR count). The largest absolute Gasteiger partial charge is 0.466 e. The summed E-state index contributed by atoms with van der Waals surface area (Å²) in [4.78, 5) is 24.6. The van der Waals surface area contributed by atoms with Gasteiger partial charge in [-0.15, -0.1) is 0 Å². The number of aliphatic hydroxyl groups excluding tert-OH is 2. The maximum atomic E-state index is 12.5. The monoisotopic (exact) mass is 1050 g/mol. The topological polar surface area (TPSA) is 95.9 Å². The number of nitrogens with one attached hydrogen (secondary N) is 1. The lowest BCUT2D eigenvalue weighted by molar-refractivity contribution is -0.143. The van der Waals surface area contributed by atoms with Gasteiger partial charge in [0.15, 0.2) is 0 Å². The van der Waals surface area contributed by atoms with E-state index in [0.29, 0.717) is 19.4 Å². The first kappa shape index (κ1) is 73.1. The molecule has 0 aromatic carbocycles. The zero-order valence-electron chi connectivity index (χ0n) is 50.5. The molecule has 6 heteroatoms. The van der Waals surface area contributed by atoms with Crippen molar-refractivity contribution in [3.8, 4) is 0 Å². The summed E-state index contributed by atoms with van der Waals surface area (Å²) < 4.78 is 5.49. The number of aliphatic hydroxyl groups is 2. The Kier molecular flexibility index (Phi) is 63.0. The minimum Gasteiger partial charge on any atom is -0.466 e. The molecule has 0 radical (unpaired) electrons. The second-order valence-electron chi connectivity index (χ2n) is 23.2. The van der Waals surface area contributed by atoms with E-state index in [1.165, 1.54) is 289 Å². The van der Waals surface area contributed by atoms with Gasteiger partial charge in [-0.05, 0) is 64.2 Å². The lowest BCUT2D eigenvalue weighted by Crippen LogP contribution is -2.45. The van der Waals surface area contributed by atoms with Crippen molar-refractivity contribution < 1.29 is 24.5 Å². The van der Waals surface area contributed by atoms with E-state index >= 15 is 0 Å². The number of unbranched alkanes of at least 4 members (excludes halogenated alkanes) is 48. The zero-order chi connectivity index (χ0) is 54.3. The van der Waals surface area contributed by atoms with Gasteiger partial charge in [-0.1, -0.05) is 326 Å². The number of rotatable bonds is 63. The highest BCUT2D eigenvalue weighted by molar-refractivity contribution is 5.76. The molecular formula is C69H131NO5. The molecule has 0 aromatic heterocycles. The molecule has 0 heterocycles. The predicted molar refractivity (Wildman–Crippen MR) is 329 cm³/mol. The predicted octanol–water partition coefficient (Wildman–Crippen LogP) is 21.5. The van der Waals surface area contributed by atoms with Crippen molar-refractivity contribution >= 4 is 11.9 Å². The van der Waals surface area contributed by atoms with E-state index in [1.807, 2.05) is 6.08 Å². The Morgan fingerprint density at radius 2 is 0.667 bits per heavy atom. The number of carbonyl (C=O) groups is 2. The summed E-state index contributed by atoms with van der Waals surface area (Å²) >= 11 is 0. The van der Waals surface area contributed by atoms with Crippen LogP contribution >= 0.6 is 0 Å². The first-order valence-electron chi connectivity index (χ1n) is 33.8. The summed E-state index contributed by atoms with van der Waals surface area (Å²) in [5.74, 6) is -0.0665. The van der Waals surface area contributed by atoms with Gasteiger partial charge in [0, 0.05) is 12.8 Å². The molecule has 0 saturated heterocycles. The smallest absolute Gasteiger partial charge is 0.305 e. The molecule has 2 unspecified atom stereocenters. The molecule has 1 amide bonds. The van der Waals surface area contributed by atoms with Crippen molar-refractivity contribution in [3.63, 3.8) is 0 Å². The van der Waals surface area contributed by atoms with Crippen LogP contribution < -0.4 is 5.32 Å². The first-order chi connectivity index (χ1) is 37.0. The third-order valence-electron chi connectivity index (χ3n) is 15.7. The molecule has 6 nitrogen and oxygen atoms in total. The fourth-order valence-corrected chi connectivity index (χ4v) is 10.5. The lowest BCUT2D eigenvalue weighted by atomic mass is 10.0. The molecule has 0 aliphatic carbocycles. The SMILES string of the molecule is CCCCC/C=C\C/C=C\CCCCCCCCCC(=O)OCCCCCCCCCCCCCCCCCCCCCC(=O)NC(CO)C(O)/C=C/CCCCCCCCCCCCCCCCCCCCCC. The zero-order valence-corrected chi connectivity index (χ0v) is 50.5. The highest BCUT2D eigenvalue weighted by Crippen LogP contribution is 2.18. The average Bonchev–Trinajstić information content (AvgIpc) is 3.41. The van der Waals surface area contributed by atoms with Gasteiger partial charge in [-0.2, -0.15) is 0 Å². The Bertz CT molecular complexity index is 1210. The molecule has 0 aliphatic heterocycles. The van der Waals surface area contributed by atoms with Gasteiger partial charge in [-0.25, -0.2) is 0 Å². The van der Waals surface area contributed by atoms with Crippen LogP contribution in [0.3, 0.4) is 0 Å². The molecule has 0 spiro atoms. The number of ether oxygens (including phenoxy) is 1. The van der Waals surface area contributed by atoms with Gasteiger partial charge >= 0.3 is 5.97 Å². The maximum Gasteiger partial charge on any atom is 0.305 e. The van der Waals surface area contributed by atoms with Crippen molar-refractivity contribution in [2.75, 3.05) is 13.2 Å². The number of amides is 1. The van der Waals surface area contributed by atoms with Crippen LogP contribution in [-0.4, -0.2) is 47.4 Å². The van der Waals surface area contributed by atoms with Crippen molar-refractivity contribution in [3.05, 3.63) is 36.5 Å². The number of hydrogen-bond donors (Lipinski definition) is 3. The normalized spacial score (nSPS) is 12.7. The van der Waals surface area contributed by atoms with E-state index in [9.17, 15) is 19.8 Å². The second kappa shape index (κ2) is 64.6. The van der Waals surface area contributed by atoms with E-state index < -0.39 is 12.1 Å². The third-order valence-corrected chi connectivity index (χ3v) is 15.7. The molecule has 0 saturated carbocycles. The summed E-state index contributed by atoms with van der Waals surface area (Å²) in [6.45, 7) is 4.90. The molecule has 0 bridgehead atoms. The molecule has 0 aliphatic rings. The van der Waals surface area contributed by atoms with Gasteiger partial charge in [-0.3, -0.25) is 9.59 Å². The van der Waals surface area contributed by atoms with Crippen LogP contribution in [0, 0.1) is 0 Å². The quantitative estimate of drug-likeness (QED) is 0.0320. The summed E-state index contributed by atoms with van der Waals surface area (Å²) in [6.07, 6.45) is 82.0. The van der Waals surface area contributed by atoms with Crippen LogP contribution in [0.5, 0.6) is 0 Å². The Balaban J connectivity index is 3.43. The number of esters is 1. The Morgan fingerprint density at radius 3 is 1.04 bits per heavy atom. The van der Waals surface area contributed by atoms with Crippen LogP contribution in [0.2, 0.25) is 0 Å². The minimum atomic E-state index is -0.848. The van der Waals surface area contributed by atoms with Crippen LogP contribution in [0.25, 0.3) is 0 Å². The summed E-state index contributed by atoms with van der Waals surface area (Å²) in [5, 5.41) is 23.2. The van der Waals surface area contributed by atoms with E-state index in [1.54, 1.807) is 6.08 Å². The third kappa shape index (κ3) is 61.2. The molecule has 3 N–H and O–H groups in total. The van der Waals surface area contributed by atoms with E-state index in [4.69, 9.17) is 4.74 Å². The van der Waals surface area contributed by atoms with Crippen LogP contribution in [-0.2, 0) is 14.3 Å². The molecule has 442 valence electrons. The molecule has 0 aromatic rings. The van der Waals surface area contributed by atoms with Gasteiger partial charge in [0.25, 0.3) is 0 Å². The summed E-state index contributed by atoms with van der Waals surface area (Å²) in [6, 6.07) is -0.632. The first-order valence-corrected chi connectivity index (χ1v) is 33.8. The van der Waals surface area contributed by atoms with Gasteiger partial charge in [0.05, 0.1) is 25.4 Å². The number of carbonyl (C=O) groups excluding carboxylic acids is 2. The second-order valence-corrected chi connectivity index (χ2v) is 23.2. The van der Waals surface area contributed by atoms with Crippen molar-refractivity contribution in [2.45, 2.75) is 379 Å². The average molecular weight is 1050 g/mol. The van der Waals surface area contributed by atoms with E-state index in [-0.39, 0.29) is 18.5 Å². The van der Waals surface area contributed by atoms with Gasteiger partial charge < -0.3 is 20.3 Å². The van der Waals surface area contributed by atoms with Crippen LogP contribution in [0.4, 0.5) is 0 Å². The Labute approximate surface area is 468 Å². The Hall–Kier alpha value is -1.92. The molecule has 75 heavy (non-hydrogen) atoms. The van der Waals surface area contributed by atoms with Crippen LogP contribution in [0.1, 0.15) is 367 Å². The van der Waals surface area contributed by atoms with Crippen LogP contribution in [0.15, 0.2) is 36.5 Å². The van der Waals surface area contributed by atoms with E-state index in [0.717, 1.165) is 51.4 Å². The maximum absolute atomic E-state index is 12.5. The van der Waals surface area contributed by atoms with Crippen molar-refractivity contribution in [1.82, 2.24) is 5.32 Å². The summed E-state index contributed by atoms with van der Waals surface area (Å²) in [5.41, 5.74) is 0. The number of allylic oxidation sites excluding steroid dienone is 5. The summed E-state index contributed by atoms with van der Waals surface area (Å²) in [7, 11) is 0. The molecule has 2 atom stereocenters. The van der Waals surface area contributed by atoms with Crippen molar-refractivity contribution in [2.24, 2.45) is 0 Å². The lowest BCUT2D eigenvalue weighted by Gasteiger charge is -2.20. The number of hydrogen-bond acceptors (Lipinski definition) is 5. The van der Waals surface area contributed by atoms with E-state index in [2.05, 4.69) is 43.5 Å². The van der Waals surface area contributed by atoms with Gasteiger partial charge in [0.1, 0.15) is 0 Å². The Morgan fingerprint density at radius 1 is 0.373 bits per heavy atom. The molecular weight excluding hydrogens is 923 g/mol. The fourth-order valence-electron chi connectivity index (χ4n) is 10.5. The highest BCUT2D eigenvalue weighted by Gasteiger charge is 2.18. The van der Waals surface area contributed by atoms with Gasteiger partial charge in [0.2, 0.25) is 5.91 Å². The highest BCUT2D eigenvalue weighted by atomic mass is 16.5. The minimum absolute atomic E-state index is 0.00112.